The maximum absolute atomic E-state index is 13.2. The Balaban J connectivity index is 2.16. The van der Waals surface area contributed by atoms with Crippen molar-refractivity contribution in [1.82, 2.24) is 5.32 Å². The molecule has 0 unspecified atom stereocenters. The predicted octanol–water partition coefficient (Wildman–Crippen LogP) is 4.67. The number of nitrogens with one attached hydrogen (secondary N) is 1. The molecule has 0 fully saturated rings. The van der Waals surface area contributed by atoms with E-state index >= 15 is 0 Å². The third kappa shape index (κ3) is 6.15. The zero-order valence-electron chi connectivity index (χ0n) is 9.82. The standard InChI is InChI=1S/C13H18BrFIN/c14-13-11(6-5-7-12(13)15)10-17-9-4-2-1-3-8-16/h5-7,17H,1-4,8-10H2. The lowest BCUT2D eigenvalue weighted by molar-refractivity contribution is 0.590. The average molecular weight is 414 g/mol. The van der Waals surface area contributed by atoms with E-state index in [1.807, 2.05) is 6.07 Å². The van der Waals surface area contributed by atoms with E-state index < -0.39 is 0 Å². The van der Waals surface area contributed by atoms with E-state index in [0.29, 0.717) is 4.47 Å². The van der Waals surface area contributed by atoms with Crippen LogP contribution in [0.5, 0.6) is 0 Å². The van der Waals surface area contributed by atoms with Crippen molar-refractivity contribution < 1.29 is 4.39 Å². The zero-order chi connectivity index (χ0) is 12.5. The molecule has 1 nitrogen and oxygen atoms in total. The lowest BCUT2D eigenvalue weighted by Gasteiger charge is -2.07. The van der Waals surface area contributed by atoms with Gasteiger partial charge in [-0.05, 0) is 51.4 Å². The molecule has 0 aliphatic heterocycles. The van der Waals surface area contributed by atoms with Gasteiger partial charge in [-0.3, -0.25) is 0 Å². The molecule has 17 heavy (non-hydrogen) atoms. The fourth-order valence-electron chi connectivity index (χ4n) is 1.61. The Morgan fingerprint density at radius 3 is 2.71 bits per heavy atom. The summed E-state index contributed by atoms with van der Waals surface area (Å²) in [6.07, 6.45) is 5.11. The first-order chi connectivity index (χ1) is 8.25. The third-order valence-electron chi connectivity index (χ3n) is 2.58. The van der Waals surface area contributed by atoms with Crippen LogP contribution in [0.25, 0.3) is 0 Å². The third-order valence-corrected chi connectivity index (χ3v) is 4.24. The van der Waals surface area contributed by atoms with Crippen LogP contribution < -0.4 is 5.32 Å². The quantitative estimate of drug-likeness (QED) is 0.371. The van der Waals surface area contributed by atoms with Gasteiger partial charge in [0.2, 0.25) is 0 Å². The molecule has 0 aromatic heterocycles. The van der Waals surface area contributed by atoms with E-state index in [9.17, 15) is 4.39 Å². The van der Waals surface area contributed by atoms with Gasteiger partial charge < -0.3 is 5.32 Å². The molecular weight excluding hydrogens is 396 g/mol. The molecule has 0 atom stereocenters. The predicted molar refractivity (Wildman–Crippen MR) is 83.2 cm³/mol. The lowest BCUT2D eigenvalue weighted by atomic mass is 10.2. The first-order valence-corrected chi connectivity index (χ1v) is 8.27. The van der Waals surface area contributed by atoms with Crippen LogP contribution in [0.1, 0.15) is 31.2 Å². The van der Waals surface area contributed by atoms with Crippen LogP contribution in [-0.4, -0.2) is 11.0 Å². The number of unbranched alkanes of at least 4 members (excludes halogenated alkanes) is 3. The largest absolute Gasteiger partial charge is 0.313 e. The van der Waals surface area contributed by atoms with Crippen molar-refractivity contribution in [1.29, 1.82) is 0 Å². The Morgan fingerprint density at radius 1 is 1.18 bits per heavy atom. The molecule has 1 rings (SSSR count). The van der Waals surface area contributed by atoms with Crippen LogP contribution in [0.3, 0.4) is 0 Å². The highest BCUT2D eigenvalue weighted by Crippen LogP contribution is 2.19. The molecule has 1 N–H and O–H groups in total. The van der Waals surface area contributed by atoms with Crippen molar-refractivity contribution in [3.05, 3.63) is 34.1 Å². The van der Waals surface area contributed by atoms with Crippen molar-refractivity contribution >= 4 is 38.5 Å². The smallest absolute Gasteiger partial charge is 0.137 e. The molecule has 0 radical (unpaired) electrons. The first kappa shape index (κ1) is 15.4. The minimum Gasteiger partial charge on any atom is -0.313 e. The van der Waals surface area contributed by atoms with E-state index in [4.69, 9.17) is 0 Å². The summed E-state index contributed by atoms with van der Waals surface area (Å²) in [7, 11) is 0. The molecule has 96 valence electrons. The van der Waals surface area contributed by atoms with Crippen molar-refractivity contribution in [3.8, 4) is 0 Å². The molecule has 0 heterocycles. The van der Waals surface area contributed by atoms with Crippen LogP contribution >= 0.6 is 38.5 Å². The normalized spacial score (nSPS) is 10.8. The van der Waals surface area contributed by atoms with Gasteiger partial charge in [-0.1, -0.05) is 47.6 Å². The summed E-state index contributed by atoms with van der Waals surface area (Å²) in [4.78, 5) is 0. The zero-order valence-corrected chi connectivity index (χ0v) is 13.6. The minimum atomic E-state index is -0.189. The van der Waals surface area contributed by atoms with Crippen LogP contribution in [0, 0.1) is 5.82 Å². The fourth-order valence-corrected chi connectivity index (χ4v) is 2.55. The van der Waals surface area contributed by atoms with E-state index in [-0.39, 0.29) is 5.82 Å². The maximum atomic E-state index is 13.2. The van der Waals surface area contributed by atoms with E-state index in [0.717, 1.165) is 18.7 Å². The minimum absolute atomic E-state index is 0.189. The van der Waals surface area contributed by atoms with E-state index in [1.165, 1.54) is 36.2 Å². The van der Waals surface area contributed by atoms with Gasteiger partial charge in [0.1, 0.15) is 5.82 Å². The van der Waals surface area contributed by atoms with Crippen LogP contribution in [-0.2, 0) is 6.54 Å². The summed E-state index contributed by atoms with van der Waals surface area (Å²) >= 11 is 5.68. The van der Waals surface area contributed by atoms with Gasteiger partial charge in [-0.25, -0.2) is 4.39 Å². The van der Waals surface area contributed by atoms with Crippen molar-refractivity contribution in [2.45, 2.75) is 32.2 Å². The highest BCUT2D eigenvalue weighted by molar-refractivity contribution is 14.1. The molecule has 0 aliphatic rings. The number of hydrogen-bond donors (Lipinski definition) is 1. The Kier molecular flexibility index (Phi) is 8.39. The van der Waals surface area contributed by atoms with Crippen molar-refractivity contribution in [3.63, 3.8) is 0 Å². The van der Waals surface area contributed by atoms with Gasteiger partial charge in [-0.15, -0.1) is 0 Å². The summed E-state index contributed by atoms with van der Waals surface area (Å²) in [5.74, 6) is -0.189. The Bertz CT molecular complexity index is 333. The Labute approximate surface area is 125 Å². The second-order valence-electron chi connectivity index (χ2n) is 3.99. The van der Waals surface area contributed by atoms with Gasteiger partial charge in [0.05, 0.1) is 4.47 Å². The molecular formula is C13H18BrFIN. The second-order valence-corrected chi connectivity index (χ2v) is 5.86. The fraction of sp³-hybridized carbons (Fsp3) is 0.538. The van der Waals surface area contributed by atoms with Gasteiger partial charge >= 0.3 is 0 Å². The molecule has 0 bridgehead atoms. The van der Waals surface area contributed by atoms with Gasteiger partial charge in [0, 0.05) is 6.54 Å². The lowest BCUT2D eigenvalue weighted by Crippen LogP contribution is -2.15. The van der Waals surface area contributed by atoms with Crippen LogP contribution in [0.15, 0.2) is 22.7 Å². The molecule has 4 heteroatoms. The molecule has 0 saturated carbocycles. The van der Waals surface area contributed by atoms with Crippen LogP contribution in [0.2, 0.25) is 0 Å². The van der Waals surface area contributed by atoms with E-state index in [1.54, 1.807) is 6.07 Å². The number of hydrogen-bond acceptors (Lipinski definition) is 1. The van der Waals surface area contributed by atoms with Crippen molar-refractivity contribution in [2.75, 3.05) is 11.0 Å². The Hall–Kier alpha value is 0.320. The summed E-state index contributed by atoms with van der Waals surface area (Å²) < 4.78 is 15.1. The molecule has 0 amide bonds. The number of rotatable bonds is 8. The highest BCUT2D eigenvalue weighted by atomic mass is 127. The second kappa shape index (κ2) is 9.28. The molecule has 1 aromatic rings. The van der Waals surface area contributed by atoms with E-state index in [2.05, 4.69) is 43.8 Å². The topological polar surface area (TPSA) is 12.0 Å². The first-order valence-electron chi connectivity index (χ1n) is 5.95. The van der Waals surface area contributed by atoms with Crippen LogP contribution in [0.4, 0.5) is 4.39 Å². The monoisotopic (exact) mass is 413 g/mol. The molecule has 0 aliphatic carbocycles. The van der Waals surface area contributed by atoms with Gasteiger partial charge in [0.25, 0.3) is 0 Å². The highest BCUT2D eigenvalue weighted by Gasteiger charge is 2.03. The van der Waals surface area contributed by atoms with Crippen molar-refractivity contribution in [2.24, 2.45) is 0 Å². The maximum Gasteiger partial charge on any atom is 0.137 e. The summed E-state index contributed by atoms with van der Waals surface area (Å²) in [5.41, 5.74) is 0.984. The molecule has 0 saturated heterocycles. The van der Waals surface area contributed by atoms with Gasteiger partial charge in [-0.2, -0.15) is 0 Å². The summed E-state index contributed by atoms with van der Waals surface area (Å²) in [5, 5.41) is 3.35. The van der Waals surface area contributed by atoms with Gasteiger partial charge in [0.15, 0.2) is 0 Å². The number of alkyl halides is 1. The molecule has 1 aromatic carbocycles. The molecule has 0 spiro atoms. The summed E-state index contributed by atoms with van der Waals surface area (Å²) in [6.45, 7) is 1.73. The average Bonchev–Trinajstić information content (AvgIpc) is 2.33. The number of benzene rings is 1. The SMILES string of the molecule is Fc1cccc(CNCCCCCCI)c1Br. The Morgan fingerprint density at radius 2 is 1.94 bits per heavy atom. The summed E-state index contributed by atoms with van der Waals surface area (Å²) in [6, 6.07) is 5.16. The number of halogens is 3.